The van der Waals surface area contributed by atoms with E-state index in [2.05, 4.69) is 4.98 Å². The third kappa shape index (κ3) is 7.01. The number of aromatic amines is 1. The molecule has 3 atom stereocenters. The summed E-state index contributed by atoms with van der Waals surface area (Å²) in [6.07, 6.45) is -1.63. The summed E-state index contributed by atoms with van der Waals surface area (Å²) in [6.45, 7) is 3.27. The summed E-state index contributed by atoms with van der Waals surface area (Å²) in [5.41, 5.74) is 1.06. The molecule has 11 nitrogen and oxygen atoms in total. The second-order valence-corrected chi connectivity index (χ2v) is 13.6. The van der Waals surface area contributed by atoms with Gasteiger partial charge in [-0.05, 0) is 66.9 Å². The minimum atomic E-state index is -4.26. The van der Waals surface area contributed by atoms with Gasteiger partial charge in [-0.15, -0.1) is 0 Å². The number of nitrogens with zero attached hydrogens (tertiary/aromatic N) is 1. The number of ether oxygens (including phenoxy) is 4. The Morgan fingerprint density at radius 1 is 0.800 bits per heavy atom. The summed E-state index contributed by atoms with van der Waals surface area (Å²) in [4.78, 5) is 27.4. The smallest absolute Gasteiger partial charge is 0.330 e. The average Bonchev–Trinajstić information content (AvgIpc) is 3.52. The van der Waals surface area contributed by atoms with E-state index in [9.17, 15) is 18.0 Å². The van der Waals surface area contributed by atoms with Crippen LogP contribution in [0.3, 0.4) is 0 Å². The SMILES string of the molecule is COc1ccc(C(OC[C@H]2O[C@@H](n3cc(C)c(=O)[nH]c3=O)C[C@H]2OS(=O)(=O)c2ccc(C)cc2)(c2ccccc2)c2ccc(OC)cc2)cc1. The van der Waals surface area contributed by atoms with Gasteiger partial charge >= 0.3 is 5.69 Å². The largest absolute Gasteiger partial charge is 0.497 e. The van der Waals surface area contributed by atoms with Crippen LogP contribution in [0, 0.1) is 13.8 Å². The second-order valence-electron chi connectivity index (χ2n) is 12.1. The van der Waals surface area contributed by atoms with Crippen LogP contribution in [0.1, 0.15) is 40.5 Å². The Morgan fingerprint density at radius 3 is 1.92 bits per heavy atom. The van der Waals surface area contributed by atoms with Crippen LogP contribution >= 0.6 is 0 Å². The van der Waals surface area contributed by atoms with Crippen molar-refractivity contribution in [1.82, 2.24) is 9.55 Å². The number of hydrogen-bond acceptors (Lipinski definition) is 9. The number of benzene rings is 4. The molecule has 5 aromatic rings. The molecule has 1 fully saturated rings. The van der Waals surface area contributed by atoms with Crippen LogP contribution in [0.15, 0.2) is 124 Å². The molecule has 4 aromatic carbocycles. The van der Waals surface area contributed by atoms with Gasteiger partial charge in [0.25, 0.3) is 15.7 Å². The molecule has 0 saturated carbocycles. The summed E-state index contributed by atoms with van der Waals surface area (Å²) < 4.78 is 58.6. The zero-order chi connectivity index (χ0) is 35.5. The Labute approximate surface area is 290 Å². The van der Waals surface area contributed by atoms with Gasteiger partial charge in [-0.2, -0.15) is 8.42 Å². The maximum atomic E-state index is 13.6. The van der Waals surface area contributed by atoms with Gasteiger partial charge in [-0.25, -0.2) is 4.79 Å². The maximum Gasteiger partial charge on any atom is 0.330 e. The summed E-state index contributed by atoms with van der Waals surface area (Å²) in [7, 11) is -1.08. The zero-order valence-corrected chi connectivity index (χ0v) is 28.9. The minimum Gasteiger partial charge on any atom is -0.497 e. The lowest BCUT2D eigenvalue weighted by Crippen LogP contribution is -2.39. The fraction of sp³-hybridized carbons (Fsp3) is 0.263. The van der Waals surface area contributed by atoms with E-state index in [-0.39, 0.29) is 17.9 Å². The number of methoxy groups -OCH3 is 2. The van der Waals surface area contributed by atoms with Crippen molar-refractivity contribution in [2.75, 3.05) is 20.8 Å². The highest BCUT2D eigenvalue weighted by Crippen LogP contribution is 2.43. The van der Waals surface area contributed by atoms with Crippen molar-refractivity contribution in [2.45, 2.75) is 49.2 Å². The number of H-pyrrole nitrogens is 1. The Balaban J connectivity index is 1.43. The normalized spacial score (nSPS) is 17.8. The maximum absolute atomic E-state index is 13.6. The van der Waals surface area contributed by atoms with Gasteiger partial charge in [0.05, 0.1) is 25.7 Å². The van der Waals surface area contributed by atoms with Gasteiger partial charge < -0.3 is 18.9 Å². The van der Waals surface area contributed by atoms with E-state index in [1.54, 1.807) is 33.3 Å². The van der Waals surface area contributed by atoms with E-state index in [0.29, 0.717) is 17.1 Å². The molecule has 1 aliphatic rings. The quantitative estimate of drug-likeness (QED) is 0.137. The molecule has 0 amide bonds. The van der Waals surface area contributed by atoms with E-state index in [0.717, 1.165) is 22.3 Å². The Hall–Kier alpha value is -5.01. The minimum absolute atomic E-state index is 0.0154. The van der Waals surface area contributed by atoms with Crippen molar-refractivity contribution in [1.29, 1.82) is 0 Å². The second kappa shape index (κ2) is 14.5. The van der Waals surface area contributed by atoms with Gasteiger partial charge in [0.1, 0.15) is 35.5 Å². The fourth-order valence-electron chi connectivity index (χ4n) is 6.13. The number of hydrogen-bond donors (Lipinski definition) is 1. The molecule has 0 bridgehead atoms. The molecule has 0 spiro atoms. The van der Waals surface area contributed by atoms with Crippen molar-refractivity contribution in [3.8, 4) is 11.5 Å². The summed E-state index contributed by atoms with van der Waals surface area (Å²) >= 11 is 0. The van der Waals surface area contributed by atoms with Crippen LogP contribution in [0.2, 0.25) is 0 Å². The highest BCUT2D eigenvalue weighted by Gasteiger charge is 2.44. The molecule has 1 saturated heterocycles. The average molecular weight is 699 g/mol. The molecule has 0 radical (unpaired) electrons. The molecule has 0 unspecified atom stereocenters. The molecule has 50 heavy (non-hydrogen) atoms. The van der Waals surface area contributed by atoms with E-state index in [1.165, 1.54) is 22.9 Å². The van der Waals surface area contributed by atoms with E-state index in [1.807, 2.05) is 85.8 Å². The van der Waals surface area contributed by atoms with Crippen LogP contribution in [-0.2, 0) is 29.4 Å². The highest BCUT2D eigenvalue weighted by molar-refractivity contribution is 7.86. The highest BCUT2D eigenvalue weighted by atomic mass is 32.2. The van der Waals surface area contributed by atoms with Crippen LogP contribution in [0.25, 0.3) is 0 Å². The van der Waals surface area contributed by atoms with Crippen molar-refractivity contribution in [2.24, 2.45) is 0 Å². The van der Waals surface area contributed by atoms with E-state index >= 15 is 0 Å². The number of nitrogens with one attached hydrogen (secondary N) is 1. The van der Waals surface area contributed by atoms with Crippen molar-refractivity contribution in [3.05, 3.63) is 158 Å². The third-order valence-electron chi connectivity index (χ3n) is 8.83. The molecule has 1 aromatic heterocycles. The van der Waals surface area contributed by atoms with Gasteiger partial charge in [0.2, 0.25) is 0 Å². The summed E-state index contributed by atoms with van der Waals surface area (Å²) in [5, 5.41) is 0. The van der Waals surface area contributed by atoms with Crippen LogP contribution in [0.4, 0.5) is 0 Å². The number of aromatic nitrogens is 2. The molecule has 1 aliphatic heterocycles. The fourth-order valence-corrected chi connectivity index (χ4v) is 7.24. The first kappa shape index (κ1) is 34.8. The standard InChI is InChI=1S/C38H38N2O9S/c1-25-10-20-32(21-11-25)50(43,44)49-33-22-35(40-23-26(2)36(41)39-37(40)42)48-34(33)24-47-38(27-8-6-5-7-9-27,28-12-16-30(45-3)17-13-28)29-14-18-31(46-4)19-15-29/h5-21,23,33-35H,22,24H2,1-4H3,(H,39,41,42)/t33-,34-,35-/m1/s1. The predicted octanol–water partition coefficient (Wildman–Crippen LogP) is 5.24. The first-order chi connectivity index (χ1) is 24.0. The number of rotatable bonds is 12. The third-order valence-corrected chi connectivity index (χ3v) is 10.2. The first-order valence-corrected chi connectivity index (χ1v) is 17.4. The molecule has 0 aliphatic carbocycles. The summed E-state index contributed by atoms with van der Waals surface area (Å²) in [5.74, 6) is 1.31. The topological polar surface area (TPSA) is 135 Å². The van der Waals surface area contributed by atoms with Crippen molar-refractivity contribution in [3.63, 3.8) is 0 Å². The van der Waals surface area contributed by atoms with Crippen molar-refractivity contribution < 1.29 is 31.5 Å². The lowest BCUT2D eigenvalue weighted by atomic mass is 9.80. The molecule has 2 heterocycles. The van der Waals surface area contributed by atoms with Gasteiger partial charge in [0, 0.05) is 18.2 Å². The lowest BCUT2D eigenvalue weighted by Gasteiger charge is -2.37. The van der Waals surface area contributed by atoms with Crippen LogP contribution < -0.4 is 20.7 Å². The van der Waals surface area contributed by atoms with Crippen molar-refractivity contribution >= 4 is 10.1 Å². The predicted molar refractivity (Wildman–Crippen MR) is 186 cm³/mol. The van der Waals surface area contributed by atoms with Gasteiger partial charge in [0.15, 0.2) is 0 Å². The number of aryl methyl sites for hydroxylation is 2. The lowest BCUT2D eigenvalue weighted by molar-refractivity contribution is -0.0911. The molecular formula is C38H38N2O9S. The Bertz CT molecular complexity index is 2100. The first-order valence-electron chi connectivity index (χ1n) is 16.0. The van der Waals surface area contributed by atoms with E-state index in [4.69, 9.17) is 23.1 Å². The van der Waals surface area contributed by atoms with Gasteiger partial charge in [-0.3, -0.25) is 18.5 Å². The molecular weight excluding hydrogens is 660 g/mol. The van der Waals surface area contributed by atoms with Crippen LogP contribution in [0.5, 0.6) is 11.5 Å². The Kier molecular flexibility index (Phi) is 10.1. The molecule has 260 valence electrons. The molecule has 6 rings (SSSR count). The zero-order valence-electron chi connectivity index (χ0n) is 28.1. The Morgan fingerprint density at radius 2 is 1.36 bits per heavy atom. The van der Waals surface area contributed by atoms with Gasteiger partial charge in [-0.1, -0.05) is 72.3 Å². The summed E-state index contributed by atoms with van der Waals surface area (Å²) in [6, 6.07) is 31.0. The monoisotopic (exact) mass is 698 g/mol. The molecule has 12 heteroatoms. The van der Waals surface area contributed by atoms with Crippen LogP contribution in [-0.4, -0.2) is 51.0 Å². The van der Waals surface area contributed by atoms with E-state index < -0.39 is 45.4 Å². The molecule has 1 N–H and O–H groups in total.